The summed E-state index contributed by atoms with van der Waals surface area (Å²) >= 11 is 0. The van der Waals surface area contributed by atoms with Crippen LogP contribution in [0.4, 0.5) is 22.7 Å². The minimum Gasteiger partial charge on any atom is -0.479 e. The Bertz CT molecular complexity index is 2180. The second-order valence-corrected chi connectivity index (χ2v) is 14.0. The van der Waals surface area contributed by atoms with Crippen LogP contribution >= 0.6 is 0 Å². The molecule has 0 atom stereocenters. The molecule has 4 aromatic rings. The fourth-order valence-electron chi connectivity index (χ4n) is 7.03. The second-order valence-electron chi connectivity index (χ2n) is 14.0. The van der Waals surface area contributed by atoms with Crippen molar-refractivity contribution in [2.24, 2.45) is 0 Å². The van der Waals surface area contributed by atoms with Crippen LogP contribution in [0.3, 0.4) is 0 Å². The first-order valence-corrected chi connectivity index (χ1v) is 18.4. The van der Waals surface area contributed by atoms with Crippen molar-refractivity contribution >= 4 is 22.7 Å². The van der Waals surface area contributed by atoms with Crippen LogP contribution in [0.25, 0.3) is 0 Å². The molecule has 0 N–H and O–H groups in total. The molecular weight excluding hydrogens is 709 g/mol. The molecule has 0 radical (unpaired) electrons. The van der Waals surface area contributed by atoms with Gasteiger partial charge in [-0.3, -0.25) is 0 Å². The first kappa shape index (κ1) is 39.3. The lowest BCUT2D eigenvalue weighted by atomic mass is 9.77. The Labute approximate surface area is 337 Å². The quantitative estimate of drug-likeness (QED) is 0.129. The van der Waals surface area contributed by atoms with Gasteiger partial charge >= 0.3 is 0 Å². The fraction of sp³-hybridized carbons (Fsp3) is 0.265. The predicted molar refractivity (Wildman–Crippen MR) is 230 cm³/mol. The maximum Gasteiger partial charge on any atom is 0.161 e. The van der Waals surface area contributed by atoms with E-state index in [4.69, 9.17) is 57.5 Å². The maximum atomic E-state index is 6.28. The molecule has 2 heterocycles. The molecule has 0 saturated heterocycles. The molecule has 0 spiro atoms. The third-order valence-corrected chi connectivity index (χ3v) is 10.1. The van der Waals surface area contributed by atoms with Gasteiger partial charge in [0.25, 0.3) is 0 Å². The van der Waals surface area contributed by atoms with E-state index >= 15 is 0 Å². The molecule has 0 unspecified atom stereocenters. The molecule has 284 valence electrons. The number of fused-ring (bicyclic) bond motifs is 2. The average Bonchev–Trinajstić information content (AvgIpc) is 3.23. The molecular formula is C49H44N4O4. The minimum atomic E-state index is -0.488. The zero-order chi connectivity index (χ0) is 40.4. The van der Waals surface area contributed by atoms with E-state index in [1.54, 1.807) is 0 Å². The van der Waals surface area contributed by atoms with Gasteiger partial charge in [0.05, 0.1) is 50.6 Å². The highest BCUT2D eigenvalue weighted by molar-refractivity contribution is 5.67. The van der Waals surface area contributed by atoms with E-state index in [0.717, 1.165) is 56.5 Å². The normalized spacial score (nSPS) is 12.6. The first-order valence-electron chi connectivity index (χ1n) is 18.4. The molecule has 0 amide bonds. The molecule has 0 aromatic heterocycles. The van der Waals surface area contributed by atoms with Crippen LogP contribution in [0.1, 0.15) is 36.1 Å². The lowest BCUT2D eigenvalue weighted by Gasteiger charge is -2.35. The summed E-state index contributed by atoms with van der Waals surface area (Å²) in [6, 6.07) is 24.4. The highest BCUT2D eigenvalue weighted by Crippen LogP contribution is 2.43. The van der Waals surface area contributed by atoms with Gasteiger partial charge in [-0.05, 0) is 71.8 Å². The lowest BCUT2D eigenvalue weighted by molar-refractivity contribution is 0.286. The highest BCUT2D eigenvalue weighted by Gasteiger charge is 2.30. The zero-order valence-corrected chi connectivity index (χ0v) is 32.4. The zero-order valence-electron chi connectivity index (χ0n) is 32.4. The minimum absolute atomic E-state index is 0.120. The summed E-state index contributed by atoms with van der Waals surface area (Å²) in [5.41, 5.74) is 7.16. The molecule has 8 nitrogen and oxygen atoms in total. The van der Waals surface area contributed by atoms with Crippen molar-refractivity contribution in [1.29, 1.82) is 0 Å². The van der Waals surface area contributed by atoms with Gasteiger partial charge in [0.1, 0.15) is 36.2 Å². The van der Waals surface area contributed by atoms with Gasteiger partial charge in [-0.15, -0.1) is 38.5 Å². The number of hydrogen-bond donors (Lipinski definition) is 0. The summed E-state index contributed by atoms with van der Waals surface area (Å²) in [5.74, 6) is 18.9. The molecule has 2 aliphatic rings. The number of ether oxygens (including phenoxy) is 4. The largest absolute Gasteiger partial charge is 0.479 e. The molecule has 57 heavy (non-hydrogen) atoms. The molecule has 0 aliphatic carbocycles. The van der Waals surface area contributed by atoms with Crippen LogP contribution in [-0.4, -0.2) is 52.9 Å². The number of rotatable bonds is 14. The van der Waals surface area contributed by atoms with Crippen molar-refractivity contribution in [3.8, 4) is 97.1 Å². The smallest absolute Gasteiger partial charge is 0.161 e. The standard InChI is InChI=1S/C49H44N4O4/c1-9-23-50(24-10-2)41-17-21-45-37(29-41)33-52(35-56-45)43-31-39(15-19-47(43)54-27-13-5)49(7,8)40-16-20-48(55-28-14-6)44(32-40)53-34-38-30-42(18-22-46(38)57-36-53)51(25-11-3)26-12-4/h1-6,15-22,29-32H,23-28,33-36H2,7-8H3. The Kier molecular flexibility index (Phi) is 12.3. The number of terminal acetylenes is 6. The van der Waals surface area contributed by atoms with Gasteiger partial charge in [0, 0.05) is 27.9 Å². The summed E-state index contributed by atoms with van der Waals surface area (Å²) in [6.45, 7) is 7.95. The van der Waals surface area contributed by atoms with Gasteiger partial charge in [-0.25, -0.2) is 0 Å². The van der Waals surface area contributed by atoms with Crippen molar-refractivity contribution in [2.45, 2.75) is 32.4 Å². The van der Waals surface area contributed by atoms with Crippen LogP contribution in [0.2, 0.25) is 0 Å². The van der Waals surface area contributed by atoms with Crippen molar-refractivity contribution in [1.82, 2.24) is 0 Å². The van der Waals surface area contributed by atoms with Crippen LogP contribution in [0.5, 0.6) is 23.0 Å². The van der Waals surface area contributed by atoms with Gasteiger partial charge in [0.15, 0.2) is 13.5 Å². The molecule has 6 rings (SSSR count). The van der Waals surface area contributed by atoms with E-state index in [0.29, 0.717) is 64.2 Å². The Morgan fingerprint density at radius 2 is 0.965 bits per heavy atom. The summed E-state index contributed by atoms with van der Waals surface area (Å²) < 4.78 is 24.7. The number of nitrogens with zero attached hydrogens (tertiary/aromatic N) is 4. The van der Waals surface area contributed by atoms with Gasteiger partial charge in [0.2, 0.25) is 0 Å². The molecule has 0 saturated carbocycles. The highest BCUT2D eigenvalue weighted by atomic mass is 16.5. The topological polar surface area (TPSA) is 49.9 Å². The monoisotopic (exact) mass is 752 g/mol. The molecule has 8 heteroatoms. The van der Waals surface area contributed by atoms with E-state index < -0.39 is 5.41 Å². The van der Waals surface area contributed by atoms with Gasteiger partial charge < -0.3 is 38.5 Å². The Morgan fingerprint density at radius 3 is 1.33 bits per heavy atom. The molecule has 4 aromatic carbocycles. The summed E-state index contributed by atoms with van der Waals surface area (Å²) in [6.07, 6.45) is 33.9. The lowest BCUT2D eigenvalue weighted by Crippen LogP contribution is -2.33. The Hall–Kier alpha value is -7.36. The SMILES string of the molecule is C#CCOc1ccc(C(C)(C)c2ccc(OCC#C)c(N3COc4ccc(N(CC#C)CC#C)cc4C3)c2)cc1N1COc2ccc(N(CC#C)CC#C)cc2C1. The van der Waals surface area contributed by atoms with E-state index in [9.17, 15) is 0 Å². The van der Waals surface area contributed by atoms with Crippen molar-refractivity contribution in [2.75, 3.05) is 72.5 Å². The first-order chi connectivity index (χ1) is 27.7. The van der Waals surface area contributed by atoms with E-state index in [1.807, 2.05) is 46.2 Å². The van der Waals surface area contributed by atoms with Gasteiger partial charge in [-0.1, -0.05) is 61.5 Å². The summed E-state index contributed by atoms with van der Waals surface area (Å²) in [5, 5.41) is 0. The third-order valence-electron chi connectivity index (χ3n) is 10.1. The number of anilines is 4. The van der Waals surface area contributed by atoms with Crippen molar-refractivity contribution < 1.29 is 18.9 Å². The Balaban J connectivity index is 1.34. The van der Waals surface area contributed by atoms with E-state index in [-0.39, 0.29) is 13.2 Å². The number of benzene rings is 4. The fourth-order valence-corrected chi connectivity index (χ4v) is 7.03. The molecule has 0 fully saturated rings. The van der Waals surface area contributed by atoms with Crippen LogP contribution < -0.4 is 38.5 Å². The second kappa shape index (κ2) is 17.9. The maximum absolute atomic E-state index is 6.28. The van der Waals surface area contributed by atoms with E-state index in [2.05, 4.69) is 95.6 Å². The summed E-state index contributed by atoms with van der Waals surface area (Å²) in [7, 11) is 0. The van der Waals surface area contributed by atoms with Crippen LogP contribution in [-0.2, 0) is 18.5 Å². The summed E-state index contributed by atoms with van der Waals surface area (Å²) in [4.78, 5) is 8.22. The van der Waals surface area contributed by atoms with Crippen LogP contribution in [0, 0.1) is 74.1 Å². The molecule has 0 bridgehead atoms. The third kappa shape index (κ3) is 8.64. The average molecular weight is 753 g/mol. The predicted octanol–water partition coefficient (Wildman–Crippen LogP) is 6.90. The van der Waals surface area contributed by atoms with E-state index in [1.165, 1.54) is 0 Å². The van der Waals surface area contributed by atoms with Crippen LogP contribution in [0.15, 0.2) is 72.8 Å². The number of hydrogen-bond acceptors (Lipinski definition) is 8. The van der Waals surface area contributed by atoms with Gasteiger partial charge in [-0.2, -0.15) is 0 Å². The Morgan fingerprint density at radius 1 is 0.561 bits per heavy atom. The molecule has 2 aliphatic heterocycles. The van der Waals surface area contributed by atoms with Crippen molar-refractivity contribution in [3.63, 3.8) is 0 Å². The van der Waals surface area contributed by atoms with Crippen molar-refractivity contribution in [3.05, 3.63) is 95.1 Å².